The van der Waals surface area contributed by atoms with Crippen LogP contribution >= 0.6 is 0 Å². The Kier molecular flexibility index (Phi) is 2.54. The van der Waals surface area contributed by atoms with Crippen molar-refractivity contribution in [2.24, 2.45) is 5.92 Å². The predicted octanol–water partition coefficient (Wildman–Crippen LogP) is 1.81. The fraction of sp³-hybridized carbons (Fsp3) is 0.875. The van der Waals surface area contributed by atoms with E-state index in [4.69, 9.17) is 0 Å². The number of hydrogen-bond acceptors (Lipinski definition) is 1. The number of amides is 1. The van der Waals surface area contributed by atoms with Crippen LogP contribution in [0.5, 0.6) is 0 Å². The minimum Gasteiger partial charge on any atom is -0.335 e. The fourth-order valence-corrected chi connectivity index (χ4v) is 1.28. The van der Waals surface area contributed by atoms with E-state index in [0.29, 0.717) is 0 Å². The largest absolute Gasteiger partial charge is 0.471 e. The van der Waals surface area contributed by atoms with Crippen molar-refractivity contribution < 1.29 is 18.0 Å². The lowest BCUT2D eigenvalue weighted by Crippen LogP contribution is -2.44. The molecule has 1 atom stereocenters. The van der Waals surface area contributed by atoms with Crippen molar-refractivity contribution >= 4 is 5.91 Å². The minimum absolute atomic E-state index is 0.260. The molecular weight excluding hydrogens is 183 g/mol. The summed E-state index contributed by atoms with van der Waals surface area (Å²) >= 11 is 0. The Morgan fingerprint density at radius 1 is 1.46 bits per heavy atom. The molecule has 2 nitrogen and oxygen atoms in total. The summed E-state index contributed by atoms with van der Waals surface area (Å²) in [7, 11) is 1.21. The highest BCUT2D eigenvalue weighted by Crippen LogP contribution is 2.35. The predicted molar refractivity (Wildman–Crippen MR) is 41.0 cm³/mol. The van der Waals surface area contributed by atoms with Crippen molar-refractivity contribution in [2.75, 3.05) is 7.05 Å². The second-order valence-electron chi connectivity index (χ2n) is 3.49. The maximum Gasteiger partial charge on any atom is 0.471 e. The third-order valence-electron chi connectivity index (χ3n) is 2.48. The van der Waals surface area contributed by atoms with Crippen molar-refractivity contribution in [1.82, 2.24) is 4.90 Å². The van der Waals surface area contributed by atoms with Gasteiger partial charge in [0.1, 0.15) is 0 Å². The number of alkyl halides is 3. The van der Waals surface area contributed by atoms with Gasteiger partial charge in [-0.15, -0.1) is 0 Å². The standard InChI is InChI=1S/C8H12F3NO/c1-5(6-3-4-6)12(2)7(13)8(9,10)11/h5-6H,3-4H2,1-2H3. The zero-order valence-electron chi connectivity index (χ0n) is 7.56. The first-order valence-corrected chi connectivity index (χ1v) is 4.18. The van der Waals surface area contributed by atoms with E-state index < -0.39 is 12.1 Å². The molecule has 76 valence electrons. The average molecular weight is 195 g/mol. The Balaban J connectivity index is 2.55. The second-order valence-corrected chi connectivity index (χ2v) is 3.49. The van der Waals surface area contributed by atoms with E-state index in [-0.39, 0.29) is 12.0 Å². The number of nitrogens with zero attached hydrogens (tertiary/aromatic N) is 1. The molecule has 1 saturated carbocycles. The summed E-state index contributed by atoms with van der Waals surface area (Å²) in [5.74, 6) is -1.48. The van der Waals surface area contributed by atoms with E-state index in [1.54, 1.807) is 6.92 Å². The minimum atomic E-state index is -4.74. The lowest BCUT2D eigenvalue weighted by atomic mass is 10.2. The van der Waals surface area contributed by atoms with Crippen LogP contribution in [0.2, 0.25) is 0 Å². The molecule has 1 unspecified atom stereocenters. The van der Waals surface area contributed by atoms with Gasteiger partial charge in [-0.2, -0.15) is 13.2 Å². The number of carbonyl (C=O) groups is 1. The molecule has 0 aliphatic heterocycles. The van der Waals surface area contributed by atoms with E-state index in [9.17, 15) is 18.0 Å². The van der Waals surface area contributed by atoms with Gasteiger partial charge in [0.25, 0.3) is 0 Å². The molecule has 0 radical (unpaired) electrons. The lowest BCUT2D eigenvalue weighted by Gasteiger charge is -2.25. The van der Waals surface area contributed by atoms with Gasteiger partial charge in [-0.25, -0.2) is 0 Å². The molecule has 0 aromatic rings. The molecular formula is C8H12F3NO. The van der Waals surface area contributed by atoms with Gasteiger partial charge >= 0.3 is 12.1 Å². The lowest BCUT2D eigenvalue weighted by molar-refractivity contribution is -0.186. The zero-order valence-corrected chi connectivity index (χ0v) is 7.56. The van der Waals surface area contributed by atoms with Crippen LogP contribution in [-0.2, 0) is 4.79 Å². The van der Waals surface area contributed by atoms with E-state index in [0.717, 1.165) is 17.7 Å². The summed E-state index contributed by atoms with van der Waals surface area (Å²) in [5.41, 5.74) is 0. The number of carbonyl (C=O) groups excluding carboxylic acids is 1. The van der Waals surface area contributed by atoms with Crippen molar-refractivity contribution in [2.45, 2.75) is 32.0 Å². The first-order chi connectivity index (χ1) is 5.84. The Hall–Kier alpha value is -0.740. The topological polar surface area (TPSA) is 20.3 Å². The molecule has 0 heterocycles. The molecule has 0 spiro atoms. The molecule has 0 aromatic heterocycles. The van der Waals surface area contributed by atoms with Gasteiger partial charge in [0.05, 0.1) is 0 Å². The van der Waals surface area contributed by atoms with Crippen molar-refractivity contribution in [3.8, 4) is 0 Å². The molecule has 0 saturated heterocycles. The van der Waals surface area contributed by atoms with Crippen molar-refractivity contribution in [3.05, 3.63) is 0 Å². The summed E-state index contributed by atoms with van der Waals surface area (Å²) in [4.78, 5) is 11.5. The summed E-state index contributed by atoms with van der Waals surface area (Å²) in [6.45, 7) is 1.65. The molecule has 5 heteroatoms. The molecule has 0 bridgehead atoms. The van der Waals surface area contributed by atoms with Crippen molar-refractivity contribution in [3.63, 3.8) is 0 Å². The summed E-state index contributed by atoms with van der Waals surface area (Å²) in [6, 6.07) is -0.297. The van der Waals surface area contributed by atoms with Gasteiger partial charge in [-0.1, -0.05) is 0 Å². The number of rotatable bonds is 2. The Morgan fingerprint density at radius 2 is 1.92 bits per heavy atom. The van der Waals surface area contributed by atoms with Crippen LogP contribution in [0, 0.1) is 5.92 Å². The molecule has 13 heavy (non-hydrogen) atoms. The number of halogens is 3. The van der Waals surface area contributed by atoms with E-state index in [1.165, 1.54) is 7.05 Å². The fourth-order valence-electron chi connectivity index (χ4n) is 1.28. The molecule has 0 N–H and O–H groups in total. The first-order valence-electron chi connectivity index (χ1n) is 4.18. The Morgan fingerprint density at radius 3 is 2.23 bits per heavy atom. The van der Waals surface area contributed by atoms with Crippen LogP contribution in [-0.4, -0.2) is 30.1 Å². The van der Waals surface area contributed by atoms with Crippen LogP contribution < -0.4 is 0 Å². The van der Waals surface area contributed by atoms with Crippen LogP contribution in [0.3, 0.4) is 0 Å². The summed E-state index contributed by atoms with van der Waals surface area (Å²) < 4.78 is 35.9. The van der Waals surface area contributed by atoms with Gasteiger partial charge in [0.2, 0.25) is 0 Å². The van der Waals surface area contributed by atoms with Gasteiger partial charge in [0.15, 0.2) is 0 Å². The Labute approximate surface area is 74.7 Å². The highest BCUT2D eigenvalue weighted by Gasteiger charge is 2.44. The van der Waals surface area contributed by atoms with Gasteiger partial charge < -0.3 is 4.90 Å². The van der Waals surface area contributed by atoms with Gasteiger partial charge in [-0.3, -0.25) is 4.79 Å². The molecule has 1 aliphatic rings. The van der Waals surface area contributed by atoms with Crippen LogP contribution in [0.25, 0.3) is 0 Å². The normalized spacial score (nSPS) is 19.8. The summed E-state index contributed by atoms with van der Waals surface area (Å²) in [6.07, 6.45) is -2.88. The van der Waals surface area contributed by atoms with Crippen LogP contribution in [0.1, 0.15) is 19.8 Å². The average Bonchev–Trinajstić information content (AvgIpc) is 2.81. The molecule has 0 aromatic carbocycles. The SMILES string of the molecule is CC(C1CC1)N(C)C(=O)C(F)(F)F. The Bertz CT molecular complexity index is 210. The molecule has 1 aliphatic carbocycles. The van der Waals surface area contributed by atoms with Crippen LogP contribution in [0.4, 0.5) is 13.2 Å². The highest BCUT2D eigenvalue weighted by molar-refractivity contribution is 5.81. The molecule has 1 rings (SSSR count). The monoisotopic (exact) mass is 195 g/mol. The third kappa shape index (κ3) is 2.35. The smallest absolute Gasteiger partial charge is 0.335 e. The number of hydrogen-bond donors (Lipinski definition) is 0. The van der Waals surface area contributed by atoms with Crippen molar-refractivity contribution in [1.29, 1.82) is 0 Å². The van der Waals surface area contributed by atoms with Gasteiger partial charge in [-0.05, 0) is 25.7 Å². The maximum absolute atomic E-state index is 12.0. The quantitative estimate of drug-likeness (QED) is 0.658. The van der Waals surface area contributed by atoms with Crippen LogP contribution in [0.15, 0.2) is 0 Å². The highest BCUT2D eigenvalue weighted by atomic mass is 19.4. The van der Waals surface area contributed by atoms with E-state index in [1.807, 2.05) is 0 Å². The molecule has 1 amide bonds. The molecule has 1 fully saturated rings. The van der Waals surface area contributed by atoms with Gasteiger partial charge in [0, 0.05) is 13.1 Å². The van der Waals surface area contributed by atoms with E-state index >= 15 is 0 Å². The maximum atomic E-state index is 12.0. The zero-order chi connectivity index (χ0) is 10.2. The summed E-state index contributed by atoms with van der Waals surface area (Å²) in [5, 5.41) is 0. The van der Waals surface area contributed by atoms with E-state index in [2.05, 4.69) is 0 Å². The first kappa shape index (κ1) is 10.3. The third-order valence-corrected chi connectivity index (χ3v) is 2.48. The second kappa shape index (κ2) is 3.20.